The molecule has 0 radical (unpaired) electrons. The molecule has 0 aliphatic rings. The molecule has 0 saturated carbocycles. The van der Waals surface area contributed by atoms with E-state index in [9.17, 15) is 4.79 Å². The predicted octanol–water partition coefficient (Wildman–Crippen LogP) is 4.61. The summed E-state index contributed by atoms with van der Waals surface area (Å²) in [5, 5.41) is 2.87. The Bertz CT molecular complexity index is 581. The largest absolute Gasteiger partial charge is 0.322 e. The Morgan fingerprint density at radius 3 is 2.44 bits per heavy atom. The van der Waals surface area contributed by atoms with E-state index in [1.165, 1.54) is 5.56 Å². The minimum absolute atomic E-state index is 0.0877. The zero-order valence-corrected chi connectivity index (χ0v) is 13.4. The first kappa shape index (κ1) is 13.5. The van der Waals surface area contributed by atoms with Gasteiger partial charge in [-0.1, -0.05) is 22.0 Å². The molecule has 1 N–H and O–H groups in total. The highest BCUT2D eigenvalue weighted by Crippen LogP contribution is 2.17. The van der Waals surface area contributed by atoms with E-state index in [1.807, 2.05) is 49.4 Å². The van der Waals surface area contributed by atoms with Gasteiger partial charge in [-0.05, 0) is 71.5 Å². The zero-order chi connectivity index (χ0) is 13.1. The second kappa shape index (κ2) is 5.84. The van der Waals surface area contributed by atoms with Gasteiger partial charge < -0.3 is 5.32 Å². The summed E-state index contributed by atoms with van der Waals surface area (Å²) >= 11 is 5.59. The number of carbonyl (C=O) groups is 1. The third-order valence-corrected chi connectivity index (χ3v) is 4.23. The normalized spacial score (nSPS) is 10.2. The van der Waals surface area contributed by atoms with Gasteiger partial charge in [0.15, 0.2) is 0 Å². The number of rotatable bonds is 2. The number of hydrogen-bond acceptors (Lipinski definition) is 1. The van der Waals surface area contributed by atoms with Crippen molar-refractivity contribution in [2.45, 2.75) is 6.92 Å². The van der Waals surface area contributed by atoms with Crippen LogP contribution < -0.4 is 5.32 Å². The van der Waals surface area contributed by atoms with Gasteiger partial charge in [-0.25, -0.2) is 0 Å². The van der Waals surface area contributed by atoms with Gasteiger partial charge in [0, 0.05) is 19.3 Å². The molecular weight excluding hydrogens is 405 g/mol. The summed E-state index contributed by atoms with van der Waals surface area (Å²) in [6, 6.07) is 13.2. The van der Waals surface area contributed by atoms with Gasteiger partial charge in [0.05, 0.1) is 0 Å². The summed E-state index contributed by atoms with van der Waals surface area (Å²) in [4.78, 5) is 12.0. The van der Waals surface area contributed by atoms with Crippen molar-refractivity contribution in [3.63, 3.8) is 0 Å². The van der Waals surface area contributed by atoms with Crippen LogP contribution in [0.2, 0.25) is 0 Å². The van der Waals surface area contributed by atoms with Crippen LogP contribution >= 0.6 is 38.5 Å². The summed E-state index contributed by atoms with van der Waals surface area (Å²) in [6.07, 6.45) is 0. The maximum absolute atomic E-state index is 12.0. The predicted molar refractivity (Wildman–Crippen MR) is 86.0 cm³/mol. The Kier molecular flexibility index (Phi) is 4.40. The quantitative estimate of drug-likeness (QED) is 0.712. The fraction of sp³-hybridized carbons (Fsp3) is 0.0714. The van der Waals surface area contributed by atoms with Crippen molar-refractivity contribution in [1.29, 1.82) is 0 Å². The monoisotopic (exact) mass is 415 g/mol. The fourth-order valence-corrected chi connectivity index (χ4v) is 2.25. The minimum atomic E-state index is -0.0877. The summed E-state index contributed by atoms with van der Waals surface area (Å²) in [5.74, 6) is -0.0877. The van der Waals surface area contributed by atoms with E-state index in [0.717, 1.165) is 13.7 Å². The molecule has 0 aliphatic carbocycles. The van der Waals surface area contributed by atoms with Crippen molar-refractivity contribution >= 4 is 50.1 Å². The van der Waals surface area contributed by atoms with Crippen molar-refractivity contribution in [2.75, 3.05) is 5.32 Å². The number of anilines is 1. The molecule has 0 fully saturated rings. The highest BCUT2D eigenvalue weighted by molar-refractivity contribution is 14.1. The number of amides is 1. The third kappa shape index (κ3) is 3.32. The van der Waals surface area contributed by atoms with E-state index in [4.69, 9.17) is 0 Å². The summed E-state index contributed by atoms with van der Waals surface area (Å²) in [5.41, 5.74) is 2.64. The molecule has 0 aliphatic heterocycles. The van der Waals surface area contributed by atoms with E-state index in [-0.39, 0.29) is 5.91 Å². The first-order valence-electron chi connectivity index (χ1n) is 5.39. The molecule has 0 saturated heterocycles. The van der Waals surface area contributed by atoms with Crippen LogP contribution in [0.15, 0.2) is 46.9 Å². The van der Waals surface area contributed by atoms with Crippen molar-refractivity contribution in [1.82, 2.24) is 0 Å². The smallest absolute Gasteiger partial charge is 0.255 e. The number of nitrogens with one attached hydrogen (secondary N) is 1. The van der Waals surface area contributed by atoms with E-state index in [2.05, 4.69) is 43.8 Å². The van der Waals surface area contributed by atoms with Crippen LogP contribution in [0.4, 0.5) is 5.69 Å². The number of aryl methyl sites for hydroxylation is 1. The van der Waals surface area contributed by atoms with E-state index in [1.54, 1.807) is 0 Å². The first-order valence-corrected chi connectivity index (χ1v) is 7.26. The molecule has 18 heavy (non-hydrogen) atoms. The van der Waals surface area contributed by atoms with Crippen LogP contribution in [-0.4, -0.2) is 5.91 Å². The van der Waals surface area contributed by atoms with Gasteiger partial charge in [-0.2, -0.15) is 0 Å². The van der Waals surface area contributed by atoms with Crippen LogP contribution in [-0.2, 0) is 0 Å². The van der Waals surface area contributed by atoms with Gasteiger partial charge in [0.2, 0.25) is 0 Å². The van der Waals surface area contributed by atoms with Crippen molar-refractivity contribution in [3.8, 4) is 0 Å². The van der Waals surface area contributed by atoms with Crippen LogP contribution in [0, 0.1) is 10.5 Å². The molecule has 4 heteroatoms. The van der Waals surface area contributed by atoms with Gasteiger partial charge >= 0.3 is 0 Å². The Morgan fingerprint density at radius 1 is 1.17 bits per heavy atom. The third-order valence-electron chi connectivity index (χ3n) is 2.54. The molecule has 0 unspecified atom stereocenters. The van der Waals surface area contributed by atoms with Gasteiger partial charge in [-0.3, -0.25) is 4.79 Å². The molecule has 2 nitrogen and oxygen atoms in total. The Morgan fingerprint density at radius 2 is 1.83 bits per heavy atom. The molecule has 2 aromatic rings. The molecule has 0 heterocycles. The zero-order valence-electron chi connectivity index (χ0n) is 9.71. The van der Waals surface area contributed by atoms with Crippen molar-refractivity contribution < 1.29 is 4.79 Å². The molecule has 0 spiro atoms. The SMILES string of the molecule is Cc1ccc(C(=O)Nc2ccc(Br)cc2)cc1I. The van der Waals surface area contributed by atoms with Crippen LogP contribution in [0.1, 0.15) is 15.9 Å². The highest BCUT2D eigenvalue weighted by atomic mass is 127. The fourth-order valence-electron chi connectivity index (χ4n) is 1.47. The average Bonchev–Trinajstić information content (AvgIpc) is 2.35. The number of halogens is 2. The Balaban J connectivity index is 2.16. The lowest BCUT2D eigenvalue weighted by Gasteiger charge is -2.06. The number of carbonyl (C=O) groups excluding carboxylic acids is 1. The molecular formula is C14H11BrINO. The Labute approximate surface area is 128 Å². The molecule has 0 aromatic heterocycles. The van der Waals surface area contributed by atoms with E-state index < -0.39 is 0 Å². The van der Waals surface area contributed by atoms with E-state index >= 15 is 0 Å². The first-order chi connectivity index (χ1) is 8.56. The maximum atomic E-state index is 12.0. The summed E-state index contributed by atoms with van der Waals surface area (Å²) in [6.45, 7) is 2.03. The maximum Gasteiger partial charge on any atom is 0.255 e. The number of benzene rings is 2. The second-order valence-electron chi connectivity index (χ2n) is 3.92. The van der Waals surface area contributed by atoms with Gasteiger partial charge in [0.1, 0.15) is 0 Å². The second-order valence-corrected chi connectivity index (χ2v) is 6.00. The molecule has 0 bridgehead atoms. The Hall–Kier alpha value is -0.880. The molecule has 0 atom stereocenters. The number of hydrogen-bond donors (Lipinski definition) is 1. The minimum Gasteiger partial charge on any atom is -0.322 e. The van der Waals surface area contributed by atoms with Gasteiger partial charge in [-0.15, -0.1) is 0 Å². The summed E-state index contributed by atoms with van der Waals surface area (Å²) in [7, 11) is 0. The average molecular weight is 416 g/mol. The van der Waals surface area contributed by atoms with E-state index in [0.29, 0.717) is 5.56 Å². The molecule has 92 valence electrons. The molecule has 2 aromatic carbocycles. The lowest BCUT2D eigenvalue weighted by molar-refractivity contribution is 0.102. The lowest BCUT2D eigenvalue weighted by atomic mass is 10.1. The van der Waals surface area contributed by atoms with Crippen molar-refractivity contribution in [2.24, 2.45) is 0 Å². The van der Waals surface area contributed by atoms with Crippen LogP contribution in [0.3, 0.4) is 0 Å². The van der Waals surface area contributed by atoms with Crippen molar-refractivity contribution in [3.05, 3.63) is 61.6 Å². The molecule has 2 rings (SSSR count). The highest BCUT2D eigenvalue weighted by Gasteiger charge is 2.07. The van der Waals surface area contributed by atoms with Gasteiger partial charge in [0.25, 0.3) is 5.91 Å². The summed E-state index contributed by atoms with van der Waals surface area (Å²) < 4.78 is 2.08. The molecule has 1 amide bonds. The lowest BCUT2D eigenvalue weighted by Crippen LogP contribution is -2.12. The van der Waals surface area contributed by atoms with Crippen LogP contribution in [0.5, 0.6) is 0 Å². The van der Waals surface area contributed by atoms with Crippen LogP contribution in [0.25, 0.3) is 0 Å². The topological polar surface area (TPSA) is 29.1 Å². The standard InChI is InChI=1S/C14H11BrINO/c1-9-2-3-10(8-13(9)16)14(18)17-12-6-4-11(15)5-7-12/h2-8H,1H3,(H,17,18).